The topological polar surface area (TPSA) is 65.2 Å². The zero-order chi connectivity index (χ0) is 16.5. The molecular weight excluding hydrogens is 330 g/mol. The summed E-state index contributed by atoms with van der Waals surface area (Å²) in [4.78, 5) is 12.7. The summed E-state index contributed by atoms with van der Waals surface area (Å²) in [6.07, 6.45) is 1.92. The Balaban J connectivity index is 1.71. The van der Waals surface area contributed by atoms with E-state index in [1.807, 2.05) is 30.3 Å². The molecule has 0 aliphatic carbocycles. The molecule has 116 valence electrons. The SMILES string of the molecule is N#Cc1ccc(/C=N/NC(=O)CCSc2ccc(Cl)cc2)cc1. The molecular formula is C17H14ClN3OS. The van der Waals surface area contributed by atoms with Crippen LogP contribution >= 0.6 is 23.4 Å². The van der Waals surface area contributed by atoms with Gasteiger partial charge in [-0.15, -0.1) is 11.8 Å². The van der Waals surface area contributed by atoms with Crippen molar-refractivity contribution >= 4 is 35.5 Å². The van der Waals surface area contributed by atoms with Gasteiger partial charge in [-0.3, -0.25) is 4.79 Å². The lowest BCUT2D eigenvalue weighted by molar-refractivity contribution is -0.120. The standard InChI is InChI=1S/C17H14ClN3OS/c18-15-5-7-16(8-6-15)23-10-9-17(22)21-20-12-14-3-1-13(11-19)2-4-14/h1-8,12H,9-10H2,(H,21,22)/b20-12+. The lowest BCUT2D eigenvalue weighted by Gasteiger charge is -2.01. The molecule has 6 heteroatoms. The second kappa shape index (κ2) is 8.99. The van der Waals surface area contributed by atoms with Gasteiger partial charge >= 0.3 is 0 Å². The van der Waals surface area contributed by atoms with E-state index < -0.39 is 0 Å². The van der Waals surface area contributed by atoms with Gasteiger partial charge in [-0.25, -0.2) is 5.43 Å². The molecule has 2 aromatic carbocycles. The number of rotatable bonds is 6. The first kappa shape index (κ1) is 17.1. The molecule has 0 saturated heterocycles. The first-order valence-corrected chi connectivity index (χ1v) is 8.24. The van der Waals surface area contributed by atoms with Crippen LogP contribution in [0.3, 0.4) is 0 Å². The van der Waals surface area contributed by atoms with E-state index in [-0.39, 0.29) is 5.91 Å². The van der Waals surface area contributed by atoms with Crippen LogP contribution in [0.25, 0.3) is 0 Å². The highest BCUT2D eigenvalue weighted by molar-refractivity contribution is 7.99. The lowest BCUT2D eigenvalue weighted by Crippen LogP contribution is -2.17. The average Bonchev–Trinajstić information content (AvgIpc) is 2.57. The Morgan fingerprint density at radius 3 is 2.57 bits per heavy atom. The fourth-order valence-electron chi connectivity index (χ4n) is 1.67. The van der Waals surface area contributed by atoms with E-state index >= 15 is 0 Å². The van der Waals surface area contributed by atoms with Crippen LogP contribution in [-0.2, 0) is 4.79 Å². The number of carbonyl (C=O) groups is 1. The average molecular weight is 344 g/mol. The first-order valence-electron chi connectivity index (χ1n) is 6.88. The number of carbonyl (C=O) groups excluding carboxylic acids is 1. The van der Waals surface area contributed by atoms with Crippen LogP contribution in [-0.4, -0.2) is 17.9 Å². The summed E-state index contributed by atoms with van der Waals surface area (Å²) in [7, 11) is 0. The molecule has 0 atom stereocenters. The number of thioether (sulfide) groups is 1. The Hall–Kier alpha value is -2.29. The molecule has 0 fully saturated rings. The molecule has 0 unspecified atom stereocenters. The Kier molecular flexibility index (Phi) is 6.67. The van der Waals surface area contributed by atoms with E-state index in [0.717, 1.165) is 10.5 Å². The molecule has 0 heterocycles. The molecule has 4 nitrogen and oxygen atoms in total. The van der Waals surface area contributed by atoms with Gasteiger partial charge in [0.1, 0.15) is 0 Å². The third-order valence-electron chi connectivity index (χ3n) is 2.85. The Morgan fingerprint density at radius 2 is 1.91 bits per heavy atom. The van der Waals surface area contributed by atoms with Crippen molar-refractivity contribution in [2.24, 2.45) is 5.10 Å². The molecule has 0 bridgehead atoms. The van der Waals surface area contributed by atoms with E-state index in [4.69, 9.17) is 16.9 Å². The second-order valence-corrected chi connectivity index (χ2v) is 6.18. The van der Waals surface area contributed by atoms with Gasteiger partial charge in [-0.05, 0) is 42.0 Å². The highest BCUT2D eigenvalue weighted by Crippen LogP contribution is 2.20. The predicted molar refractivity (Wildman–Crippen MR) is 93.7 cm³/mol. The minimum atomic E-state index is -0.142. The van der Waals surface area contributed by atoms with Crippen molar-refractivity contribution in [3.63, 3.8) is 0 Å². The van der Waals surface area contributed by atoms with E-state index in [2.05, 4.69) is 10.5 Å². The van der Waals surface area contributed by atoms with Gasteiger partial charge < -0.3 is 0 Å². The van der Waals surface area contributed by atoms with Crippen molar-refractivity contribution in [1.82, 2.24) is 5.43 Å². The third kappa shape index (κ3) is 6.15. The number of nitriles is 1. The summed E-state index contributed by atoms with van der Waals surface area (Å²) in [6, 6.07) is 16.5. The summed E-state index contributed by atoms with van der Waals surface area (Å²) in [6.45, 7) is 0. The highest BCUT2D eigenvalue weighted by atomic mass is 35.5. The Bertz CT molecular complexity index is 721. The molecule has 1 amide bonds. The number of hydrogen-bond donors (Lipinski definition) is 1. The smallest absolute Gasteiger partial charge is 0.240 e. The van der Waals surface area contributed by atoms with Gasteiger partial charge in [0.2, 0.25) is 5.91 Å². The molecule has 2 rings (SSSR count). The van der Waals surface area contributed by atoms with Crippen LogP contribution < -0.4 is 5.43 Å². The molecule has 0 aliphatic rings. The maximum Gasteiger partial charge on any atom is 0.240 e. The molecule has 0 aromatic heterocycles. The Morgan fingerprint density at radius 1 is 1.22 bits per heavy atom. The first-order chi connectivity index (χ1) is 11.2. The summed E-state index contributed by atoms with van der Waals surface area (Å²) in [5.74, 6) is 0.524. The summed E-state index contributed by atoms with van der Waals surface area (Å²) in [5.41, 5.74) is 3.89. The van der Waals surface area contributed by atoms with Crippen LogP contribution in [0.1, 0.15) is 17.5 Å². The number of hydrazone groups is 1. The van der Waals surface area contributed by atoms with Gasteiger partial charge in [-0.2, -0.15) is 10.4 Å². The molecule has 0 saturated carbocycles. The summed E-state index contributed by atoms with van der Waals surface area (Å²) in [5, 5.41) is 13.3. The van der Waals surface area contributed by atoms with Gasteiger partial charge in [-0.1, -0.05) is 23.7 Å². The summed E-state index contributed by atoms with van der Waals surface area (Å²) >= 11 is 7.41. The van der Waals surface area contributed by atoms with Crippen LogP contribution in [0.5, 0.6) is 0 Å². The normalized spacial score (nSPS) is 10.4. The quantitative estimate of drug-likeness (QED) is 0.492. The van der Waals surface area contributed by atoms with Crippen molar-refractivity contribution in [3.05, 3.63) is 64.7 Å². The largest absolute Gasteiger partial charge is 0.273 e. The summed E-state index contributed by atoms with van der Waals surface area (Å²) < 4.78 is 0. The molecule has 0 spiro atoms. The van der Waals surface area contributed by atoms with Crippen LogP contribution in [0.15, 0.2) is 58.5 Å². The van der Waals surface area contributed by atoms with Gasteiger partial charge in [0.25, 0.3) is 0 Å². The van der Waals surface area contributed by atoms with E-state index in [1.54, 1.807) is 42.2 Å². The zero-order valence-corrected chi connectivity index (χ0v) is 13.8. The zero-order valence-electron chi connectivity index (χ0n) is 12.2. The van der Waals surface area contributed by atoms with Gasteiger partial charge in [0.15, 0.2) is 0 Å². The van der Waals surface area contributed by atoms with Crippen molar-refractivity contribution in [1.29, 1.82) is 5.26 Å². The second-order valence-electron chi connectivity index (χ2n) is 4.58. The van der Waals surface area contributed by atoms with E-state index in [9.17, 15) is 4.79 Å². The molecule has 0 radical (unpaired) electrons. The molecule has 23 heavy (non-hydrogen) atoms. The van der Waals surface area contributed by atoms with Crippen molar-refractivity contribution < 1.29 is 4.79 Å². The Labute approximate surface area is 144 Å². The number of hydrogen-bond acceptors (Lipinski definition) is 4. The molecule has 2 aromatic rings. The lowest BCUT2D eigenvalue weighted by atomic mass is 10.2. The van der Waals surface area contributed by atoms with Crippen LogP contribution in [0.4, 0.5) is 0 Å². The van der Waals surface area contributed by atoms with Gasteiger partial charge in [0.05, 0.1) is 17.8 Å². The predicted octanol–water partition coefficient (Wildman–Crippen LogP) is 3.84. The van der Waals surface area contributed by atoms with Gasteiger partial charge in [0, 0.05) is 22.1 Å². The van der Waals surface area contributed by atoms with Crippen molar-refractivity contribution in [2.45, 2.75) is 11.3 Å². The molecule has 1 N–H and O–H groups in total. The third-order valence-corrected chi connectivity index (χ3v) is 4.12. The number of halogens is 1. The molecule has 0 aliphatic heterocycles. The highest BCUT2D eigenvalue weighted by Gasteiger charge is 2.01. The number of benzene rings is 2. The van der Waals surface area contributed by atoms with E-state index in [1.165, 1.54) is 0 Å². The minimum Gasteiger partial charge on any atom is -0.273 e. The van der Waals surface area contributed by atoms with Crippen molar-refractivity contribution in [3.8, 4) is 6.07 Å². The van der Waals surface area contributed by atoms with Crippen molar-refractivity contribution in [2.75, 3.05) is 5.75 Å². The number of nitrogens with one attached hydrogen (secondary N) is 1. The maximum atomic E-state index is 11.7. The monoisotopic (exact) mass is 343 g/mol. The fourth-order valence-corrected chi connectivity index (χ4v) is 2.65. The number of nitrogens with zero attached hydrogens (tertiary/aromatic N) is 2. The van der Waals surface area contributed by atoms with Crippen LogP contribution in [0.2, 0.25) is 5.02 Å². The van der Waals surface area contributed by atoms with Crippen LogP contribution in [0, 0.1) is 11.3 Å². The minimum absolute atomic E-state index is 0.142. The maximum absolute atomic E-state index is 11.7. The number of amides is 1. The fraction of sp³-hybridized carbons (Fsp3) is 0.118. The van der Waals surface area contributed by atoms with E-state index in [0.29, 0.717) is 22.8 Å².